The van der Waals surface area contributed by atoms with E-state index in [0.29, 0.717) is 29.3 Å². The van der Waals surface area contributed by atoms with Gasteiger partial charge < -0.3 is 20.5 Å². The van der Waals surface area contributed by atoms with Crippen LogP contribution >= 0.6 is 0 Å². The summed E-state index contributed by atoms with van der Waals surface area (Å²) in [6.07, 6.45) is 4.18. The summed E-state index contributed by atoms with van der Waals surface area (Å²) in [5, 5.41) is 16.6. The number of carboxylic acid groups (broad SMARTS) is 1. The first-order chi connectivity index (χ1) is 18.9. The molecule has 0 aromatic heterocycles. The van der Waals surface area contributed by atoms with Gasteiger partial charge in [0.05, 0.1) is 5.56 Å². The number of aryl methyl sites for hydroxylation is 1. The van der Waals surface area contributed by atoms with Crippen LogP contribution in [0.4, 0.5) is 5.69 Å². The number of nitrogens with one attached hydrogen (secondary N) is 3. The van der Waals surface area contributed by atoms with Crippen LogP contribution < -0.4 is 20.4 Å². The van der Waals surface area contributed by atoms with Crippen molar-refractivity contribution in [1.82, 2.24) is 5.32 Å². The summed E-state index contributed by atoms with van der Waals surface area (Å²) >= 11 is 0. The van der Waals surface area contributed by atoms with Crippen LogP contribution in [0.15, 0.2) is 53.8 Å². The van der Waals surface area contributed by atoms with Crippen molar-refractivity contribution in [2.24, 2.45) is 17.3 Å². The molecule has 2 atom stereocenters. The second kappa shape index (κ2) is 11.3. The third-order valence-corrected chi connectivity index (χ3v) is 8.53. The first kappa shape index (κ1) is 29.1. The van der Waals surface area contributed by atoms with E-state index in [2.05, 4.69) is 62.4 Å². The van der Waals surface area contributed by atoms with E-state index in [1.54, 1.807) is 12.1 Å². The van der Waals surface area contributed by atoms with Gasteiger partial charge in [0, 0.05) is 60.0 Å². The summed E-state index contributed by atoms with van der Waals surface area (Å²) in [7, 11) is 1.87. The molecule has 1 amide bonds. The van der Waals surface area contributed by atoms with Gasteiger partial charge in [0.15, 0.2) is 0 Å². The number of benzene rings is 2. The van der Waals surface area contributed by atoms with Gasteiger partial charge in [-0.1, -0.05) is 39.8 Å². The monoisotopic (exact) mass is 544 g/mol. The Morgan fingerprint density at radius 2 is 1.85 bits per heavy atom. The van der Waals surface area contributed by atoms with E-state index in [0.717, 1.165) is 40.4 Å². The molecule has 2 aromatic carbocycles. The van der Waals surface area contributed by atoms with Gasteiger partial charge in [-0.2, -0.15) is 0 Å². The van der Waals surface area contributed by atoms with Crippen molar-refractivity contribution in [1.29, 1.82) is 0 Å². The van der Waals surface area contributed by atoms with E-state index in [1.165, 1.54) is 6.07 Å². The topological polar surface area (TPSA) is 102 Å². The van der Waals surface area contributed by atoms with Crippen molar-refractivity contribution >= 4 is 23.3 Å². The van der Waals surface area contributed by atoms with Gasteiger partial charge in [-0.15, -0.1) is 0 Å². The number of allylic oxidation sites excluding steroid dienone is 3. The molecule has 4 rings (SSSR count). The van der Waals surface area contributed by atoms with Crippen LogP contribution in [0.25, 0.3) is 0 Å². The zero-order valence-corrected chi connectivity index (χ0v) is 24.9. The molecule has 0 spiro atoms. The van der Waals surface area contributed by atoms with Crippen molar-refractivity contribution < 1.29 is 24.4 Å². The maximum atomic E-state index is 13.1. The van der Waals surface area contributed by atoms with E-state index >= 15 is 0 Å². The van der Waals surface area contributed by atoms with Crippen LogP contribution in [-0.2, 0) is 0 Å². The molecule has 0 bridgehead atoms. The maximum Gasteiger partial charge on any atom is 0.336 e. The summed E-state index contributed by atoms with van der Waals surface area (Å²) in [4.78, 5) is 29.2. The van der Waals surface area contributed by atoms with Crippen molar-refractivity contribution in [2.75, 3.05) is 25.5 Å². The largest absolute Gasteiger partial charge is 0.478 e. The quantitative estimate of drug-likeness (QED) is 0.387. The van der Waals surface area contributed by atoms with Crippen LogP contribution in [0.2, 0.25) is 0 Å². The number of fused-ring (bicyclic) bond motifs is 2. The molecule has 7 heteroatoms. The zero-order valence-electron chi connectivity index (χ0n) is 24.9. The molecule has 1 heterocycles. The summed E-state index contributed by atoms with van der Waals surface area (Å²) in [5.41, 5.74) is 6.01. The number of carboxylic acids is 1. The molecule has 0 radical (unpaired) electrons. The first-order valence-corrected chi connectivity index (χ1v) is 14.0. The Kier molecular flexibility index (Phi) is 8.24. The van der Waals surface area contributed by atoms with Crippen molar-refractivity contribution in [2.45, 2.75) is 54.4 Å². The minimum absolute atomic E-state index is 0.0858. The Labute approximate surface area is 237 Å². The Bertz CT molecular complexity index is 1430. The fourth-order valence-electron chi connectivity index (χ4n) is 5.29. The molecule has 212 valence electrons. The van der Waals surface area contributed by atoms with E-state index in [9.17, 15) is 14.7 Å². The number of carbonyl (C=O) groups is 2. The van der Waals surface area contributed by atoms with Gasteiger partial charge in [0.2, 0.25) is 5.71 Å². The smallest absolute Gasteiger partial charge is 0.336 e. The van der Waals surface area contributed by atoms with Gasteiger partial charge in [0.25, 0.3) is 5.91 Å². The van der Waals surface area contributed by atoms with Crippen LogP contribution in [-0.4, -0.2) is 42.8 Å². The van der Waals surface area contributed by atoms with Crippen LogP contribution in [0, 0.1) is 24.2 Å². The Morgan fingerprint density at radius 1 is 1.12 bits per heavy atom. The minimum Gasteiger partial charge on any atom is -0.478 e. The van der Waals surface area contributed by atoms with Gasteiger partial charge in [0.1, 0.15) is 18.1 Å². The van der Waals surface area contributed by atoms with Crippen LogP contribution in [0.1, 0.15) is 84.9 Å². The lowest BCUT2D eigenvalue weighted by Gasteiger charge is -2.37. The number of hydrogen-bond donors (Lipinski definition) is 4. The highest BCUT2D eigenvalue weighted by molar-refractivity contribution is 6.05. The average Bonchev–Trinajstić information content (AvgIpc) is 2.90. The number of aromatic carboxylic acids is 1. The number of carbonyl (C=O) groups excluding carboxylic acids is 1. The second-order valence-corrected chi connectivity index (χ2v) is 11.8. The molecular formula is C33H42N3O4+. The Balaban J connectivity index is 1.84. The summed E-state index contributed by atoms with van der Waals surface area (Å²) in [5.74, 6) is -0.00135. The Morgan fingerprint density at radius 3 is 2.48 bits per heavy atom. The number of ether oxygens (including phenoxy) is 1. The highest BCUT2D eigenvalue weighted by atomic mass is 16.5. The number of anilines is 1. The predicted molar refractivity (Wildman–Crippen MR) is 159 cm³/mol. The van der Waals surface area contributed by atoms with Gasteiger partial charge in [-0.3, -0.25) is 4.79 Å². The first-order valence-electron chi connectivity index (χ1n) is 14.0. The normalized spacial score (nSPS) is 19.3. The minimum atomic E-state index is -1.06. The van der Waals surface area contributed by atoms with E-state index < -0.39 is 5.97 Å². The lowest BCUT2D eigenvalue weighted by molar-refractivity contribution is -0.451. The van der Waals surface area contributed by atoms with Gasteiger partial charge in [-0.25, -0.2) is 9.79 Å². The van der Waals surface area contributed by atoms with E-state index in [1.807, 2.05) is 33.0 Å². The molecule has 1 aliphatic heterocycles. The SMILES string of the molecule is CC[NH+]=C1C=C2Oc3cc(NC)c(C)cc3C(c3ccc(C(=O)NCC(C)(C)C(C)C)cc3C(=O)O)C2C=C1C. The van der Waals surface area contributed by atoms with Crippen molar-refractivity contribution in [3.63, 3.8) is 0 Å². The number of amides is 1. The molecule has 40 heavy (non-hydrogen) atoms. The van der Waals surface area contributed by atoms with Gasteiger partial charge >= 0.3 is 5.97 Å². The molecule has 1 aliphatic carbocycles. The van der Waals surface area contributed by atoms with Crippen LogP contribution in [0.3, 0.4) is 0 Å². The van der Waals surface area contributed by atoms with E-state index in [4.69, 9.17) is 4.74 Å². The van der Waals surface area contributed by atoms with E-state index in [-0.39, 0.29) is 28.7 Å². The Hall–Kier alpha value is -3.87. The molecule has 0 saturated heterocycles. The summed E-state index contributed by atoms with van der Waals surface area (Å²) in [6.45, 7) is 15.9. The number of hydrogen-bond acceptors (Lipinski definition) is 4. The fraction of sp³-hybridized carbons (Fsp3) is 0.424. The second-order valence-electron chi connectivity index (χ2n) is 11.8. The molecule has 4 N–H and O–H groups in total. The van der Waals surface area contributed by atoms with Crippen LogP contribution in [0.5, 0.6) is 5.75 Å². The fourth-order valence-corrected chi connectivity index (χ4v) is 5.29. The lowest BCUT2D eigenvalue weighted by Crippen LogP contribution is -2.72. The molecule has 7 nitrogen and oxygen atoms in total. The molecule has 2 aromatic rings. The highest BCUT2D eigenvalue weighted by Gasteiger charge is 2.40. The third-order valence-electron chi connectivity index (χ3n) is 8.53. The lowest BCUT2D eigenvalue weighted by atomic mass is 9.73. The summed E-state index contributed by atoms with van der Waals surface area (Å²) in [6, 6.07) is 9.11. The molecule has 2 unspecified atom stereocenters. The molecule has 0 fully saturated rings. The average molecular weight is 545 g/mol. The van der Waals surface area contributed by atoms with Crippen molar-refractivity contribution in [3.05, 3.63) is 81.6 Å². The third kappa shape index (κ3) is 5.55. The molecule has 2 aliphatic rings. The highest BCUT2D eigenvalue weighted by Crippen LogP contribution is 2.50. The zero-order chi connectivity index (χ0) is 29.4. The van der Waals surface area contributed by atoms with Crippen molar-refractivity contribution in [3.8, 4) is 5.75 Å². The molecule has 0 saturated carbocycles. The summed E-state index contributed by atoms with van der Waals surface area (Å²) < 4.78 is 6.46. The molecular weight excluding hydrogens is 502 g/mol. The van der Waals surface area contributed by atoms with Gasteiger partial charge in [-0.05, 0) is 61.4 Å². The maximum absolute atomic E-state index is 13.1. The standard InChI is InChI=1S/C33H41N3O4/c1-9-35-27-16-29-25(13-20(27)5)30(24-12-19(4)26(34-8)15-28(24)40-29)22-11-10-21(14-23(22)32(38)39)31(37)36-17-33(6,7)18(2)3/h10-16,18,25,30,34H,9,17H2,1-8H3,(H,36,37)(H,38,39)/p+1. The predicted octanol–water partition coefficient (Wildman–Crippen LogP) is 4.67. The number of rotatable bonds is 8.